The number of nitrogens with one attached hydrogen (secondary N) is 3. The largest absolute Gasteiger partial charge is 0.494 e. The maximum atomic E-state index is 14.0. The van der Waals surface area contributed by atoms with Gasteiger partial charge in [-0.2, -0.15) is 0 Å². The van der Waals surface area contributed by atoms with E-state index in [0.29, 0.717) is 75.4 Å². The van der Waals surface area contributed by atoms with Gasteiger partial charge >= 0.3 is 0 Å². The number of benzene rings is 1. The highest BCUT2D eigenvalue weighted by Gasteiger charge is 2.34. The van der Waals surface area contributed by atoms with E-state index in [2.05, 4.69) is 47.3 Å². The highest BCUT2D eigenvalue weighted by molar-refractivity contribution is 5.89. The molecule has 2 aliphatic rings. The van der Waals surface area contributed by atoms with E-state index in [-0.39, 0.29) is 24.3 Å². The summed E-state index contributed by atoms with van der Waals surface area (Å²) in [5, 5.41) is 9.34. The molecule has 1 aromatic rings. The Bertz CT molecular complexity index is 1300. The van der Waals surface area contributed by atoms with E-state index in [1.54, 1.807) is 24.1 Å². The molecule has 10 nitrogen and oxygen atoms in total. The van der Waals surface area contributed by atoms with Crippen molar-refractivity contribution in [3.63, 3.8) is 0 Å². The minimum Gasteiger partial charge on any atom is -0.494 e. The van der Waals surface area contributed by atoms with E-state index in [4.69, 9.17) is 9.47 Å². The lowest BCUT2D eigenvalue weighted by atomic mass is 9.99. The zero-order valence-corrected chi connectivity index (χ0v) is 28.4. The van der Waals surface area contributed by atoms with Crippen LogP contribution in [0.2, 0.25) is 0 Å². The minimum atomic E-state index is -0.711. The third-order valence-electron chi connectivity index (χ3n) is 7.88. The Labute approximate surface area is 280 Å². The zero-order valence-electron chi connectivity index (χ0n) is 28.4. The fraction of sp³-hybridized carbons (Fsp3) is 0.459. The van der Waals surface area contributed by atoms with E-state index in [0.717, 1.165) is 17.6 Å². The molecule has 2 aliphatic heterocycles. The van der Waals surface area contributed by atoms with Crippen molar-refractivity contribution in [3.8, 4) is 5.75 Å². The molecule has 0 unspecified atom stereocenters. The number of likely N-dealkylation sites (tertiary alicyclic amines) is 1. The Balaban J connectivity index is 0.00000376. The molecule has 1 fully saturated rings. The Morgan fingerprint density at radius 1 is 1.17 bits per heavy atom. The van der Waals surface area contributed by atoms with Crippen molar-refractivity contribution in [3.05, 3.63) is 91.9 Å². The number of carbonyl (C=O) groups excluding carboxylic acids is 3. The van der Waals surface area contributed by atoms with E-state index in [1.807, 2.05) is 44.2 Å². The number of allylic oxidation sites excluding steroid dienone is 4. The first-order chi connectivity index (χ1) is 22.8. The van der Waals surface area contributed by atoms with Crippen LogP contribution in [0, 0.1) is 0 Å². The number of aliphatic imine (C=N–C) groups is 1. The maximum Gasteiger partial charge on any atom is 0.243 e. The zero-order chi connectivity index (χ0) is 34.6. The average molecular weight is 648 g/mol. The third-order valence-corrected chi connectivity index (χ3v) is 7.88. The summed E-state index contributed by atoms with van der Waals surface area (Å²) < 4.78 is 11.3. The predicted molar refractivity (Wildman–Crippen MR) is 189 cm³/mol. The number of hydrogen-bond acceptors (Lipinski definition) is 7. The van der Waals surface area contributed by atoms with E-state index in [1.165, 1.54) is 6.26 Å². The molecule has 3 N–H and O–H groups in total. The Kier molecular flexibility index (Phi) is 17.4. The number of rotatable bonds is 10. The maximum absolute atomic E-state index is 14.0. The summed E-state index contributed by atoms with van der Waals surface area (Å²) in [6.45, 7) is 20.6. The number of carbonyl (C=O) groups is 3. The second-order valence-electron chi connectivity index (χ2n) is 11.0. The summed E-state index contributed by atoms with van der Waals surface area (Å²) in [6.07, 6.45) is 11.0. The summed E-state index contributed by atoms with van der Waals surface area (Å²) in [6, 6.07) is 5.76. The molecule has 47 heavy (non-hydrogen) atoms. The van der Waals surface area contributed by atoms with Crippen LogP contribution in [0.3, 0.4) is 0 Å². The van der Waals surface area contributed by atoms with Gasteiger partial charge < -0.3 is 30.3 Å². The molecule has 0 aromatic heterocycles. The summed E-state index contributed by atoms with van der Waals surface area (Å²) in [7, 11) is 1.57. The topological polar surface area (TPSA) is 121 Å². The Morgan fingerprint density at radius 3 is 2.62 bits per heavy atom. The average Bonchev–Trinajstić information content (AvgIpc) is 3.51. The number of fused-ring (bicyclic) bond motifs is 2. The smallest absolute Gasteiger partial charge is 0.243 e. The quantitative estimate of drug-likeness (QED) is 0.140. The van der Waals surface area contributed by atoms with Crippen molar-refractivity contribution < 1.29 is 23.9 Å². The summed E-state index contributed by atoms with van der Waals surface area (Å²) in [4.78, 5) is 46.0. The first kappa shape index (κ1) is 38.6. The van der Waals surface area contributed by atoms with E-state index in [9.17, 15) is 14.4 Å². The second kappa shape index (κ2) is 21.2. The molecule has 3 atom stereocenters. The van der Waals surface area contributed by atoms with Crippen LogP contribution in [-0.4, -0.2) is 73.4 Å². The van der Waals surface area contributed by atoms with Crippen LogP contribution in [0.4, 0.5) is 0 Å². The molecule has 256 valence electrons. The molecule has 1 aromatic carbocycles. The highest BCUT2D eigenvalue weighted by atomic mass is 16.5. The molecule has 2 bridgehead atoms. The van der Waals surface area contributed by atoms with Gasteiger partial charge in [-0.05, 0) is 61.8 Å². The van der Waals surface area contributed by atoms with E-state index >= 15 is 0 Å². The van der Waals surface area contributed by atoms with Gasteiger partial charge in [0, 0.05) is 32.1 Å². The van der Waals surface area contributed by atoms with Crippen LogP contribution in [-0.2, 0) is 25.5 Å². The van der Waals surface area contributed by atoms with Gasteiger partial charge in [0.05, 0.1) is 25.5 Å². The number of hydrogen-bond donors (Lipinski definition) is 3. The lowest BCUT2D eigenvalue weighted by molar-refractivity contribution is -0.137. The first-order valence-corrected chi connectivity index (χ1v) is 16.5. The molecule has 0 spiro atoms. The van der Waals surface area contributed by atoms with Crippen molar-refractivity contribution in [1.82, 2.24) is 20.9 Å². The number of ether oxygens (including phenoxy) is 2. The summed E-state index contributed by atoms with van der Waals surface area (Å²) >= 11 is 0. The minimum absolute atomic E-state index is 0.0412. The van der Waals surface area contributed by atoms with Crippen LogP contribution < -0.4 is 20.7 Å². The number of nitrogens with zero attached hydrogens (tertiary/aromatic N) is 2. The monoisotopic (exact) mass is 647 g/mol. The van der Waals surface area contributed by atoms with Gasteiger partial charge in [0.2, 0.25) is 23.6 Å². The van der Waals surface area contributed by atoms with Crippen LogP contribution in [0.1, 0.15) is 64.4 Å². The summed E-state index contributed by atoms with van der Waals surface area (Å²) in [5.41, 5.74) is 2.35. The van der Waals surface area contributed by atoms with Gasteiger partial charge in [0.1, 0.15) is 17.8 Å². The van der Waals surface area contributed by atoms with Gasteiger partial charge in [-0.1, -0.05) is 70.5 Å². The van der Waals surface area contributed by atoms with Crippen LogP contribution in [0.5, 0.6) is 5.75 Å². The van der Waals surface area contributed by atoms with Crippen molar-refractivity contribution in [2.45, 2.75) is 83.3 Å². The van der Waals surface area contributed by atoms with Gasteiger partial charge in [-0.25, -0.2) is 0 Å². The Morgan fingerprint density at radius 2 is 1.96 bits per heavy atom. The third kappa shape index (κ3) is 12.6. The predicted octanol–water partition coefficient (Wildman–Crippen LogP) is 5.15. The second-order valence-corrected chi connectivity index (χ2v) is 11.0. The van der Waals surface area contributed by atoms with Gasteiger partial charge in [-0.15, -0.1) is 0 Å². The highest BCUT2D eigenvalue weighted by Crippen LogP contribution is 2.22. The molecule has 0 aliphatic carbocycles. The summed E-state index contributed by atoms with van der Waals surface area (Å²) in [5.74, 6) is 0.435. The van der Waals surface area contributed by atoms with Gasteiger partial charge in [0.25, 0.3) is 0 Å². The Hall–Kier alpha value is -4.60. The normalized spacial score (nSPS) is 21.2. The molecular weight excluding hydrogens is 594 g/mol. The van der Waals surface area contributed by atoms with Crippen molar-refractivity contribution >= 4 is 23.6 Å². The molecule has 3 amide bonds. The molecule has 0 saturated carbocycles. The van der Waals surface area contributed by atoms with E-state index < -0.39 is 18.1 Å². The lowest BCUT2D eigenvalue weighted by Gasteiger charge is -2.31. The van der Waals surface area contributed by atoms with Crippen LogP contribution >= 0.6 is 0 Å². The van der Waals surface area contributed by atoms with Crippen molar-refractivity contribution in [1.29, 1.82) is 0 Å². The number of amides is 3. The molecule has 2 heterocycles. The van der Waals surface area contributed by atoms with Gasteiger partial charge in [-0.3, -0.25) is 19.4 Å². The fourth-order valence-corrected chi connectivity index (χ4v) is 5.44. The van der Waals surface area contributed by atoms with Crippen molar-refractivity contribution in [2.24, 2.45) is 4.99 Å². The SMILES string of the molecule is C=C/C=C(\C=C)CC[C@@H]1NC(=O)[C@@H](N2CCCC2=O)Cc2cccc(c2)OCCCC[C@@H](C(=O)NCC(=NC)OC=C)NC1=C.CC. The van der Waals surface area contributed by atoms with Crippen LogP contribution in [0.15, 0.2) is 91.3 Å². The molecule has 3 rings (SSSR count). The van der Waals surface area contributed by atoms with Crippen molar-refractivity contribution in [2.75, 3.05) is 26.7 Å². The lowest BCUT2D eigenvalue weighted by Crippen LogP contribution is -2.54. The van der Waals surface area contributed by atoms with Crippen LogP contribution in [0.25, 0.3) is 0 Å². The molecule has 1 saturated heterocycles. The fourth-order valence-electron chi connectivity index (χ4n) is 5.44. The van der Waals surface area contributed by atoms with Gasteiger partial charge in [0.15, 0.2) is 0 Å². The molecule has 0 radical (unpaired) electrons. The first-order valence-electron chi connectivity index (χ1n) is 16.5. The molecule has 10 heteroatoms. The molecular formula is C37H53N5O5. The standard InChI is InChI=1S/C35H47N5O5.C2H6/c1-6-13-26(7-2)18-19-29-25(4)38-30(34(42)37-24-32(36-5)44-8-3)16-9-10-21-45-28-15-11-14-27(22-28)23-31(35(43)39-29)40-20-12-17-33(40)41;1-2/h6-8,11,13-15,22,29-31,38H,1-4,9-10,12,16-21,23-24H2,5H3,(H,37,42)(H,39,43);1-2H3/b26-13+,36-32?;/t29-,30-,31-;/m0./s1.